The number of nitrogens with zero attached hydrogens (tertiary/aromatic N) is 1. The Kier molecular flexibility index (Phi) is 3.61. The van der Waals surface area contributed by atoms with Crippen LogP contribution in [0.1, 0.15) is 11.4 Å². The first-order valence-electron chi connectivity index (χ1n) is 5.73. The number of hydrogen-bond donors (Lipinski definition) is 1. The van der Waals surface area contributed by atoms with Gasteiger partial charge in [0.2, 0.25) is 0 Å². The van der Waals surface area contributed by atoms with Gasteiger partial charge in [-0.15, -0.1) is 0 Å². The molecule has 0 unspecified atom stereocenters. The SMILES string of the molecule is O=c1[nH]c(C(Cl)=Cc2ccsc2)nc2ccc(Cl)cc12. The molecule has 2 aromatic heterocycles. The molecule has 0 bridgehead atoms. The summed E-state index contributed by atoms with van der Waals surface area (Å²) < 4.78 is 0. The second kappa shape index (κ2) is 5.40. The fraction of sp³-hybridized carbons (Fsp3) is 0. The third-order valence-electron chi connectivity index (χ3n) is 2.73. The molecule has 0 aliphatic carbocycles. The summed E-state index contributed by atoms with van der Waals surface area (Å²) >= 11 is 13.7. The zero-order valence-electron chi connectivity index (χ0n) is 10.1. The van der Waals surface area contributed by atoms with Crippen LogP contribution in [0.15, 0.2) is 39.8 Å². The van der Waals surface area contributed by atoms with Crippen molar-refractivity contribution >= 4 is 56.5 Å². The van der Waals surface area contributed by atoms with Gasteiger partial charge in [0.05, 0.1) is 15.9 Å². The summed E-state index contributed by atoms with van der Waals surface area (Å²) in [4.78, 5) is 19.0. The van der Waals surface area contributed by atoms with E-state index in [9.17, 15) is 4.79 Å². The first-order valence-corrected chi connectivity index (χ1v) is 7.43. The van der Waals surface area contributed by atoms with Gasteiger partial charge < -0.3 is 4.98 Å². The van der Waals surface area contributed by atoms with Crippen molar-refractivity contribution in [2.24, 2.45) is 0 Å². The fourth-order valence-corrected chi connectivity index (χ4v) is 2.80. The molecular weight excluding hydrogens is 315 g/mol. The van der Waals surface area contributed by atoms with Crippen LogP contribution in [-0.2, 0) is 0 Å². The lowest BCUT2D eigenvalue weighted by Crippen LogP contribution is -2.10. The van der Waals surface area contributed by atoms with E-state index in [2.05, 4.69) is 9.97 Å². The van der Waals surface area contributed by atoms with E-state index in [4.69, 9.17) is 23.2 Å². The van der Waals surface area contributed by atoms with Gasteiger partial charge in [0, 0.05) is 5.02 Å². The van der Waals surface area contributed by atoms with Gasteiger partial charge in [0.15, 0.2) is 5.82 Å². The number of hydrogen-bond acceptors (Lipinski definition) is 3. The first kappa shape index (κ1) is 13.4. The van der Waals surface area contributed by atoms with Crippen molar-refractivity contribution in [3.8, 4) is 0 Å². The summed E-state index contributed by atoms with van der Waals surface area (Å²) in [5.41, 5.74) is 1.27. The highest BCUT2D eigenvalue weighted by atomic mass is 35.5. The molecule has 20 heavy (non-hydrogen) atoms. The Morgan fingerprint density at radius 3 is 2.95 bits per heavy atom. The van der Waals surface area contributed by atoms with Gasteiger partial charge in [-0.2, -0.15) is 11.3 Å². The molecular formula is C14H8Cl2N2OS. The molecule has 0 atom stereocenters. The van der Waals surface area contributed by atoms with Crippen molar-refractivity contribution in [2.75, 3.05) is 0 Å². The number of thiophene rings is 1. The molecule has 0 fully saturated rings. The zero-order valence-corrected chi connectivity index (χ0v) is 12.4. The highest BCUT2D eigenvalue weighted by molar-refractivity contribution is 7.08. The fourth-order valence-electron chi connectivity index (χ4n) is 1.80. The number of H-pyrrole nitrogens is 1. The van der Waals surface area contributed by atoms with E-state index in [1.165, 1.54) is 0 Å². The van der Waals surface area contributed by atoms with E-state index < -0.39 is 0 Å². The predicted octanol–water partition coefficient (Wildman–Crippen LogP) is 4.37. The normalized spacial score (nSPS) is 12.0. The molecule has 0 spiro atoms. The summed E-state index contributed by atoms with van der Waals surface area (Å²) in [5, 5.41) is 5.24. The Bertz CT molecular complexity index is 853. The van der Waals surface area contributed by atoms with Gasteiger partial charge in [-0.3, -0.25) is 4.79 Å². The van der Waals surface area contributed by atoms with Gasteiger partial charge in [-0.05, 0) is 46.7 Å². The number of nitrogens with one attached hydrogen (secondary N) is 1. The van der Waals surface area contributed by atoms with E-state index in [1.54, 1.807) is 35.6 Å². The summed E-state index contributed by atoms with van der Waals surface area (Å²) in [6.45, 7) is 0. The van der Waals surface area contributed by atoms with Crippen molar-refractivity contribution in [3.63, 3.8) is 0 Å². The Labute approximate surface area is 128 Å². The summed E-state index contributed by atoms with van der Waals surface area (Å²) in [7, 11) is 0. The van der Waals surface area contributed by atoms with Crippen molar-refractivity contribution in [3.05, 3.63) is 61.8 Å². The highest BCUT2D eigenvalue weighted by Crippen LogP contribution is 2.21. The Balaban J connectivity index is 2.13. The van der Waals surface area contributed by atoms with Crippen molar-refractivity contribution in [1.82, 2.24) is 9.97 Å². The lowest BCUT2D eigenvalue weighted by molar-refractivity contribution is 1.14. The number of aromatic amines is 1. The topological polar surface area (TPSA) is 45.8 Å². The highest BCUT2D eigenvalue weighted by Gasteiger charge is 2.07. The van der Waals surface area contributed by atoms with Crippen LogP contribution >= 0.6 is 34.5 Å². The first-order chi connectivity index (χ1) is 9.63. The number of rotatable bonds is 2. The van der Waals surface area contributed by atoms with Crippen LogP contribution < -0.4 is 5.56 Å². The largest absolute Gasteiger partial charge is 0.305 e. The Hall–Kier alpha value is -1.62. The second-order valence-electron chi connectivity index (χ2n) is 4.12. The average Bonchev–Trinajstić information content (AvgIpc) is 2.92. The average molecular weight is 323 g/mol. The van der Waals surface area contributed by atoms with Crippen molar-refractivity contribution in [2.45, 2.75) is 0 Å². The van der Waals surface area contributed by atoms with E-state index in [0.29, 0.717) is 26.8 Å². The molecule has 0 aliphatic heterocycles. The molecule has 1 N–H and O–H groups in total. The maximum atomic E-state index is 12.0. The second-order valence-corrected chi connectivity index (χ2v) is 5.75. The Morgan fingerprint density at radius 2 is 2.20 bits per heavy atom. The molecule has 3 aromatic rings. The lowest BCUT2D eigenvalue weighted by atomic mass is 10.2. The number of halogens is 2. The van der Waals surface area contributed by atoms with Crippen LogP contribution in [0.3, 0.4) is 0 Å². The van der Waals surface area contributed by atoms with Crippen LogP contribution in [0.25, 0.3) is 22.0 Å². The molecule has 6 heteroatoms. The molecule has 0 saturated carbocycles. The van der Waals surface area contributed by atoms with Gasteiger partial charge >= 0.3 is 0 Å². The maximum Gasteiger partial charge on any atom is 0.259 e. The van der Waals surface area contributed by atoms with Crippen LogP contribution in [0, 0.1) is 0 Å². The van der Waals surface area contributed by atoms with E-state index >= 15 is 0 Å². The van der Waals surface area contributed by atoms with Gasteiger partial charge in [-0.25, -0.2) is 4.98 Å². The summed E-state index contributed by atoms with van der Waals surface area (Å²) in [5.74, 6) is 0.345. The summed E-state index contributed by atoms with van der Waals surface area (Å²) in [6.07, 6.45) is 1.76. The number of aromatic nitrogens is 2. The number of fused-ring (bicyclic) bond motifs is 1. The van der Waals surface area contributed by atoms with Crippen LogP contribution in [0.4, 0.5) is 0 Å². The molecule has 3 rings (SSSR count). The monoisotopic (exact) mass is 322 g/mol. The van der Waals surface area contributed by atoms with E-state index in [1.807, 2.05) is 16.8 Å². The standard InChI is InChI=1S/C14H8Cl2N2OS/c15-9-1-2-12-10(6-9)14(19)18-13(17-12)11(16)5-8-3-4-20-7-8/h1-7H,(H,17,18,19). The molecule has 0 amide bonds. The molecule has 0 aliphatic rings. The molecule has 0 saturated heterocycles. The third-order valence-corrected chi connectivity index (χ3v) is 3.95. The summed E-state index contributed by atoms with van der Waals surface area (Å²) in [6, 6.07) is 6.91. The van der Waals surface area contributed by atoms with Crippen molar-refractivity contribution in [1.29, 1.82) is 0 Å². The van der Waals surface area contributed by atoms with E-state index in [-0.39, 0.29) is 5.56 Å². The molecule has 0 radical (unpaired) electrons. The quantitative estimate of drug-likeness (QED) is 0.761. The van der Waals surface area contributed by atoms with Crippen molar-refractivity contribution < 1.29 is 0 Å². The molecule has 2 heterocycles. The minimum Gasteiger partial charge on any atom is -0.305 e. The Morgan fingerprint density at radius 1 is 1.35 bits per heavy atom. The maximum absolute atomic E-state index is 12.0. The minimum absolute atomic E-state index is 0.260. The van der Waals surface area contributed by atoms with Gasteiger partial charge in [-0.1, -0.05) is 23.2 Å². The smallest absolute Gasteiger partial charge is 0.259 e. The lowest BCUT2D eigenvalue weighted by Gasteiger charge is -2.02. The predicted molar refractivity (Wildman–Crippen MR) is 85.4 cm³/mol. The minimum atomic E-state index is -0.260. The van der Waals surface area contributed by atoms with Gasteiger partial charge in [0.25, 0.3) is 5.56 Å². The van der Waals surface area contributed by atoms with Crippen LogP contribution in [0.5, 0.6) is 0 Å². The molecule has 3 nitrogen and oxygen atoms in total. The molecule has 100 valence electrons. The van der Waals surface area contributed by atoms with Crippen LogP contribution in [-0.4, -0.2) is 9.97 Å². The van der Waals surface area contributed by atoms with E-state index in [0.717, 1.165) is 5.56 Å². The van der Waals surface area contributed by atoms with Gasteiger partial charge in [0.1, 0.15) is 0 Å². The molecule has 1 aromatic carbocycles. The third kappa shape index (κ3) is 2.63. The number of benzene rings is 1. The van der Waals surface area contributed by atoms with Crippen LogP contribution in [0.2, 0.25) is 5.02 Å². The zero-order chi connectivity index (χ0) is 14.1.